The molecule has 0 aliphatic heterocycles. The molecule has 19 heavy (non-hydrogen) atoms. The van der Waals surface area contributed by atoms with Crippen molar-refractivity contribution in [1.29, 1.82) is 0 Å². The molecule has 0 saturated heterocycles. The predicted octanol–water partition coefficient (Wildman–Crippen LogP) is 1.73. The number of hydrogen-bond donors (Lipinski definition) is 3. The van der Waals surface area contributed by atoms with Gasteiger partial charge in [-0.3, -0.25) is 0 Å². The highest BCUT2D eigenvalue weighted by Crippen LogP contribution is 2.18. The topological polar surface area (TPSA) is 61.7 Å². The van der Waals surface area contributed by atoms with Crippen LogP contribution in [-0.4, -0.2) is 37.0 Å². The van der Waals surface area contributed by atoms with Gasteiger partial charge in [-0.05, 0) is 43.0 Å². The molecule has 1 aromatic rings. The van der Waals surface area contributed by atoms with E-state index in [1.165, 1.54) is 0 Å². The summed E-state index contributed by atoms with van der Waals surface area (Å²) in [6.07, 6.45) is 1.48. The number of methoxy groups -OCH3 is 1. The van der Waals surface area contributed by atoms with Crippen molar-refractivity contribution in [3.05, 3.63) is 29.8 Å². The Labute approximate surface area is 115 Å². The first-order chi connectivity index (χ1) is 9.17. The summed E-state index contributed by atoms with van der Waals surface area (Å²) in [5, 5.41) is 22.2. The summed E-state index contributed by atoms with van der Waals surface area (Å²) in [6.45, 7) is 3.66. The van der Waals surface area contributed by atoms with Gasteiger partial charge in [0, 0.05) is 13.2 Å². The third-order valence-electron chi connectivity index (χ3n) is 3.18. The monoisotopic (exact) mass is 267 g/mol. The zero-order valence-corrected chi connectivity index (χ0v) is 11.8. The fraction of sp³-hybridized carbons (Fsp3) is 0.600. The van der Waals surface area contributed by atoms with Crippen LogP contribution in [0.4, 0.5) is 0 Å². The second-order valence-corrected chi connectivity index (χ2v) is 4.93. The smallest absolute Gasteiger partial charge is 0.119 e. The summed E-state index contributed by atoms with van der Waals surface area (Å²) in [6, 6.07) is 7.48. The van der Waals surface area contributed by atoms with Gasteiger partial charge in [0.1, 0.15) is 5.75 Å². The van der Waals surface area contributed by atoms with Crippen LogP contribution in [0.25, 0.3) is 0 Å². The molecule has 2 atom stereocenters. The highest BCUT2D eigenvalue weighted by molar-refractivity contribution is 5.29. The van der Waals surface area contributed by atoms with Gasteiger partial charge in [-0.25, -0.2) is 0 Å². The largest absolute Gasteiger partial charge is 0.497 e. The Morgan fingerprint density at radius 3 is 2.84 bits per heavy atom. The van der Waals surface area contributed by atoms with Crippen LogP contribution in [0.15, 0.2) is 24.3 Å². The minimum absolute atomic E-state index is 0.242. The molecule has 2 unspecified atom stereocenters. The molecule has 0 spiro atoms. The van der Waals surface area contributed by atoms with Gasteiger partial charge >= 0.3 is 0 Å². The van der Waals surface area contributed by atoms with Crippen LogP contribution in [-0.2, 0) is 0 Å². The van der Waals surface area contributed by atoms with Crippen molar-refractivity contribution >= 4 is 0 Å². The van der Waals surface area contributed by atoms with Gasteiger partial charge in [-0.1, -0.05) is 19.1 Å². The van der Waals surface area contributed by atoms with E-state index in [1.807, 2.05) is 31.2 Å². The van der Waals surface area contributed by atoms with Crippen LogP contribution in [0.5, 0.6) is 5.75 Å². The van der Waals surface area contributed by atoms with Gasteiger partial charge in [0.15, 0.2) is 0 Å². The molecule has 1 aromatic carbocycles. The van der Waals surface area contributed by atoms with E-state index in [-0.39, 0.29) is 6.61 Å². The lowest BCUT2D eigenvalue weighted by Gasteiger charge is -2.14. The van der Waals surface area contributed by atoms with Crippen LogP contribution in [0.1, 0.15) is 31.4 Å². The molecule has 0 radical (unpaired) electrons. The second kappa shape index (κ2) is 8.91. The molecular weight excluding hydrogens is 242 g/mol. The third kappa shape index (κ3) is 6.05. The second-order valence-electron chi connectivity index (χ2n) is 4.93. The lowest BCUT2D eigenvalue weighted by molar-refractivity contribution is 0.173. The molecule has 0 aliphatic carbocycles. The van der Waals surface area contributed by atoms with Crippen molar-refractivity contribution < 1.29 is 14.9 Å². The van der Waals surface area contributed by atoms with Gasteiger partial charge in [0.2, 0.25) is 0 Å². The van der Waals surface area contributed by atoms with Crippen molar-refractivity contribution in [3.63, 3.8) is 0 Å². The Bertz CT molecular complexity index is 357. The number of aliphatic hydroxyl groups excluding tert-OH is 2. The fourth-order valence-electron chi connectivity index (χ4n) is 1.87. The van der Waals surface area contributed by atoms with Crippen LogP contribution in [0.3, 0.4) is 0 Å². The molecule has 0 amide bonds. The van der Waals surface area contributed by atoms with Crippen molar-refractivity contribution in [1.82, 2.24) is 5.32 Å². The van der Waals surface area contributed by atoms with Crippen molar-refractivity contribution in [3.8, 4) is 5.75 Å². The van der Waals surface area contributed by atoms with E-state index >= 15 is 0 Å². The van der Waals surface area contributed by atoms with E-state index in [4.69, 9.17) is 9.84 Å². The first-order valence-electron chi connectivity index (χ1n) is 6.81. The Kier molecular flexibility index (Phi) is 7.48. The molecule has 4 nitrogen and oxygen atoms in total. The number of benzene rings is 1. The summed E-state index contributed by atoms with van der Waals surface area (Å²) in [5.74, 6) is 1.11. The maximum Gasteiger partial charge on any atom is 0.119 e. The quantitative estimate of drug-likeness (QED) is 0.596. The van der Waals surface area contributed by atoms with E-state index in [2.05, 4.69) is 5.32 Å². The lowest BCUT2D eigenvalue weighted by Crippen LogP contribution is -2.23. The summed E-state index contributed by atoms with van der Waals surface area (Å²) in [4.78, 5) is 0. The molecule has 108 valence electrons. The average Bonchev–Trinajstić information content (AvgIpc) is 2.46. The Morgan fingerprint density at radius 2 is 2.16 bits per heavy atom. The molecule has 4 heteroatoms. The van der Waals surface area contributed by atoms with E-state index in [1.54, 1.807) is 7.11 Å². The summed E-state index contributed by atoms with van der Waals surface area (Å²) in [7, 11) is 1.62. The standard InChI is InChI=1S/C15H25NO3/c1-12(11-17)5-4-8-16-10-15(18)13-6-3-7-14(9-13)19-2/h3,6-7,9,12,15-18H,4-5,8,10-11H2,1-2H3. The van der Waals surface area contributed by atoms with Crippen LogP contribution in [0.2, 0.25) is 0 Å². The van der Waals surface area contributed by atoms with Crippen LogP contribution in [0, 0.1) is 5.92 Å². The van der Waals surface area contributed by atoms with Crippen LogP contribution >= 0.6 is 0 Å². The number of hydrogen-bond acceptors (Lipinski definition) is 4. The molecule has 3 N–H and O–H groups in total. The van der Waals surface area contributed by atoms with Gasteiger partial charge in [0.25, 0.3) is 0 Å². The first-order valence-corrected chi connectivity index (χ1v) is 6.81. The van der Waals surface area contributed by atoms with E-state index in [0.717, 1.165) is 30.7 Å². The first kappa shape index (κ1) is 16.0. The van der Waals surface area contributed by atoms with Crippen molar-refractivity contribution in [2.45, 2.75) is 25.9 Å². The Morgan fingerprint density at radius 1 is 1.37 bits per heavy atom. The van der Waals surface area contributed by atoms with Crippen molar-refractivity contribution in [2.24, 2.45) is 5.92 Å². The van der Waals surface area contributed by atoms with Crippen LogP contribution < -0.4 is 10.1 Å². The number of nitrogens with one attached hydrogen (secondary N) is 1. The maximum absolute atomic E-state index is 10.0. The maximum atomic E-state index is 10.0. The Hall–Kier alpha value is -1.10. The molecule has 0 heterocycles. The SMILES string of the molecule is COc1cccc(C(O)CNCCCC(C)CO)c1. The zero-order valence-electron chi connectivity index (χ0n) is 11.8. The number of aliphatic hydroxyl groups is 2. The highest BCUT2D eigenvalue weighted by Gasteiger charge is 2.07. The molecule has 0 aliphatic rings. The lowest BCUT2D eigenvalue weighted by atomic mass is 10.1. The van der Waals surface area contributed by atoms with E-state index in [9.17, 15) is 5.11 Å². The van der Waals surface area contributed by atoms with Gasteiger partial charge in [-0.2, -0.15) is 0 Å². The molecule has 0 bridgehead atoms. The Balaban J connectivity index is 2.25. The van der Waals surface area contributed by atoms with E-state index in [0.29, 0.717) is 12.5 Å². The summed E-state index contributed by atoms with van der Waals surface area (Å²) >= 11 is 0. The molecule has 0 fully saturated rings. The normalized spacial score (nSPS) is 14.1. The molecule has 0 saturated carbocycles. The average molecular weight is 267 g/mol. The highest BCUT2D eigenvalue weighted by atomic mass is 16.5. The van der Waals surface area contributed by atoms with Gasteiger partial charge < -0.3 is 20.3 Å². The number of rotatable bonds is 9. The van der Waals surface area contributed by atoms with Gasteiger partial charge in [-0.15, -0.1) is 0 Å². The fourth-order valence-corrected chi connectivity index (χ4v) is 1.87. The van der Waals surface area contributed by atoms with Gasteiger partial charge in [0.05, 0.1) is 13.2 Å². The third-order valence-corrected chi connectivity index (χ3v) is 3.18. The zero-order chi connectivity index (χ0) is 14.1. The molecular formula is C15H25NO3. The van der Waals surface area contributed by atoms with E-state index < -0.39 is 6.10 Å². The number of ether oxygens (including phenoxy) is 1. The predicted molar refractivity (Wildman–Crippen MR) is 76.3 cm³/mol. The summed E-state index contributed by atoms with van der Waals surface area (Å²) in [5.41, 5.74) is 0.857. The minimum atomic E-state index is -0.523. The molecule has 0 aromatic heterocycles. The summed E-state index contributed by atoms with van der Waals surface area (Å²) < 4.78 is 5.13. The molecule has 1 rings (SSSR count). The minimum Gasteiger partial charge on any atom is -0.497 e. The van der Waals surface area contributed by atoms with Crippen molar-refractivity contribution in [2.75, 3.05) is 26.8 Å².